The molecule has 5 rings (SSSR count). The molecule has 0 amide bonds. The van der Waals surface area contributed by atoms with Crippen molar-refractivity contribution in [3.63, 3.8) is 0 Å². The van der Waals surface area contributed by atoms with Crippen LogP contribution in [0.1, 0.15) is 30.4 Å². The third-order valence-corrected chi connectivity index (χ3v) is 6.03. The van der Waals surface area contributed by atoms with Gasteiger partial charge in [0.2, 0.25) is 0 Å². The summed E-state index contributed by atoms with van der Waals surface area (Å²) in [5, 5.41) is 2.40. The Kier molecular flexibility index (Phi) is 2.27. The zero-order chi connectivity index (χ0) is 14.9. The third-order valence-electron chi connectivity index (χ3n) is 6.03. The fraction of sp³-hybridized carbons (Fsp3) is 0.350. The Balaban J connectivity index is 1.78. The van der Waals surface area contributed by atoms with Crippen molar-refractivity contribution in [3.8, 4) is 0 Å². The quantitative estimate of drug-likeness (QED) is 0.592. The fourth-order valence-corrected chi connectivity index (χ4v) is 5.16. The number of carbonyl (C=O) groups is 1. The predicted octanol–water partition coefficient (Wildman–Crippen LogP) is 3.77. The highest BCUT2D eigenvalue weighted by Crippen LogP contribution is 2.57. The molecule has 2 bridgehead atoms. The van der Waals surface area contributed by atoms with Crippen molar-refractivity contribution in [1.29, 1.82) is 0 Å². The van der Waals surface area contributed by atoms with Crippen LogP contribution in [-0.2, 0) is 16.6 Å². The molecule has 3 unspecified atom stereocenters. The Morgan fingerprint density at radius 2 is 2.00 bits per heavy atom. The normalized spacial score (nSPS) is 32.1. The van der Waals surface area contributed by atoms with Crippen molar-refractivity contribution in [2.75, 3.05) is 5.73 Å². The van der Waals surface area contributed by atoms with E-state index in [1.165, 1.54) is 22.9 Å². The molecule has 1 fully saturated rings. The number of fused-ring (bicyclic) bond motifs is 6. The average Bonchev–Trinajstić information content (AvgIpc) is 3.06. The molecular formula is C20H19NO. The molecule has 3 aliphatic rings. The van der Waals surface area contributed by atoms with Gasteiger partial charge in [-0.1, -0.05) is 30.4 Å². The highest BCUT2D eigenvalue weighted by atomic mass is 16.1. The van der Waals surface area contributed by atoms with Crippen molar-refractivity contribution in [1.82, 2.24) is 0 Å². The minimum atomic E-state index is 0.0691. The number of hydrogen-bond acceptors (Lipinski definition) is 2. The smallest absolute Gasteiger partial charge is 0.138 e. The maximum Gasteiger partial charge on any atom is 0.138 e. The molecule has 0 saturated heterocycles. The highest BCUT2D eigenvalue weighted by Gasteiger charge is 2.52. The Bertz CT molecular complexity index is 850. The maximum atomic E-state index is 12.4. The van der Waals surface area contributed by atoms with Crippen LogP contribution in [0.15, 0.2) is 42.5 Å². The average molecular weight is 289 g/mol. The molecule has 0 heterocycles. The first-order valence-electron chi connectivity index (χ1n) is 8.17. The van der Waals surface area contributed by atoms with Gasteiger partial charge in [0, 0.05) is 23.9 Å². The summed E-state index contributed by atoms with van der Waals surface area (Å²) in [6.45, 7) is 0. The number of carbonyl (C=O) groups excluding carboxylic acids is 1. The lowest BCUT2D eigenvalue weighted by atomic mass is 9.62. The Hall–Kier alpha value is -2.09. The van der Waals surface area contributed by atoms with Crippen LogP contribution < -0.4 is 5.73 Å². The van der Waals surface area contributed by atoms with E-state index in [0.29, 0.717) is 24.0 Å². The molecule has 0 radical (unpaired) electrons. The molecule has 1 spiro atoms. The maximum absolute atomic E-state index is 12.4. The van der Waals surface area contributed by atoms with Crippen molar-refractivity contribution in [2.45, 2.75) is 31.1 Å². The van der Waals surface area contributed by atoms with Crippen molar-refractivity contribution < 1.29 is 4.79 Å². The number of rotatable bonds is 0. The SMILES string of the molecule is Nc1ccc2cc3c(cc2c1)CC(=O)CC31CC2C=CC1C2. The molecule has 22 heavy (non-hydrogen) atoms. The number of ketones is 1. The van der Waals surface area contributed by atoms with Gasteiger partial charge in [-0.05, 0) is 58.7 Å². The Morgan fingerprint density at radius 3 is 2.77 bits per heavy atom. The zero-order valence-electron chi connectivity index (χ0n) is 12.5. The largest absolute Gasteiger partial charge is 0.399 e. The van der Waals surface area contributed by atoms with Gasteiger partial charge >= 0.3 is 0 Å². The van der Waals surface area contributed by atoms with E-state index >= 15 is 0 Å². The van der Waals surface area contributed by atoms with Gasteiger partial charge in [-0.15, -0.1) is 0 Å². The van der Waals surface area contributed by atoms with Gasteiger partial charge in [0.1, 0.15) is 5.78 Å². The first kappa shape index (κ1) is 12.5. The molecule has 3 aliphatic carbocycles. The Morgan fingerprint density at radius 1 is 1.09 bits per heavy atom. The van der Waals surface area contributed by atoms with E-state index in [-0.39, 0.29) is 5.41 Å². The summed E-state index contributed by atoms with van der Waals surface area (Å²) in [6.07, 6.45) is 8.41. The molecule has 110 valence electrons. The summed E-state index contributed by atoms with van der Waals surface area (Å²) >= 11 is 0. The monoisotopic (exact) mass is 289 g/mol. The molecule has 2 aromatic carbocycles. The van der Waals surface area contributed by atoms with E-state index in [9.17, 15) is 4.79 Å². The van der Waals surface area contributed by atoms with Crippen molar-refractivity contribution in [3.05, 3.63) is 53.6 Å². The number of nitrogen functional groups attached to an aromatic ring is 1. The second-order valence-electron chi connectivity index (χ2n) is 7.36. The second-order valence-corrected chi connectivity index (χ2v) is 7.36. The van der Waals surface area contributed by atoms with E-state index in [0.717, 1.165) is 23.9 Å². The number of benzene rings is 2. The fourth-order valence-electron chi connectivity index (χ4n) is 5.16. The highest BCUT2D eigenvalue weighted by molar-refractivity contribution is 5.92. The topological polar surface area (TPSA) is 43.1 Å². The molecule has 0 aliphatic heterocycles. The van der Waals surface area contributed by atoms with E-state index < -0.39 is 0 Å². The van der Waals surface area contributed by atoms with E-state index in [2.05, 4.69) is 30.4 Å². The first-order chi connectivity index (χ1) is 10.6. The minimum Gasteiger partial charge on any atom is -0.399 e. The predicted molar refractivity (Wildman–Crippen MR) is 88.7 cm³/mol. The molecule has 2 nitrogen and oxygen atoms in total. The first-order valence-corrected chi connectivity index (χ1v) is 8.17. The number of allylic oxidation sites excluding steroid dienone is 2. The summed E-state index contributed by atoms with van der Waals surface area (Å²) in [5.74, 6) is 1.62. The second kappa shape index (κ2) is 4.01. The van der Waals surface area contributed by atoms with E-state index in [4.69, 9.17) is 5.73 Å². The van der Waals surface area contributed by atoms with Gasteiger partial charge in [0.25, 0.3) is 0 Å². The van der Waals surface area contributed by atoms with Crippen molar-refractivity contribution >= 4 is 22.2 Å². The van der Waals surface area contributed by atoms with Crippen LogP contribution in [0.4, 0.5) is 5.69 Å². The van der Waals surface area contributed by atoms with Gasteiger partial charge in [-0.3, -0.25) is 4.79 Å². The van der Waals surface area contributed by atoms with Crippen LogP contribution in [0.25, 0.3) is 10.8 Å². The lowest BCUT2D eigenvalue weighted by molar-refractivity contribution is -0.120. The van der Waals surface area contributed by atoms with Crippen LogP contribution in [0, 0.1) is 11.8 Å². The lowest BCUT2D eigenvalue weighted by Gasteiger charge is -2.40. The summed E-state index contributed by atoms with van der Waals surface area (Å²) in [4.78, 5) is 12.4. The summed E-state index contributed by atoms with van der Waals surface area (Å²) < 4.78 is 0. The molecule has 2 heteroatoms. The van der Waals surface area contributed by atoms with Crippen LogP contribution in [0.3, 0.4) is 0 Å². The summed E-state index contributed by atoms with van der Waals surface area (Å²) in [5.41, 5.74) is 9.43. The number of nitrogens with two attached hydrogens (primary N) is 1. The summed E-state index contributed by atoms with van der Waals surface area (Å²) in [7, 11) is 0. The lowest BCUT2D eigenvalue weighted by Crippen LogP contribution is -2.38. The molecule has 0 aromatic heterocycles. The van der Waals surface area contributed by atoms with Crippen LogP contribution in [-0.4, -0.2) is 5.78 Å². The molecule has 2 N–H and O–H groups in total. The van der Waals surface area contributed by atoms with Gasteiger partial charge in [-0.25, -0.2) is 0 Å². The van der Waals surface area contributed by atoms with E-state index in [1.54, 1.807) is 0 Å². The standard InChI is InChI=1S/C20H19NO/c21-17-4-2-13-9-19-15(6-14(13)7-17)8-18(22)11-20(19)10-12-1-3-16(20)5-12/h1-4,6-7,9,12,16H,5,8,10-11,21H2. The van der Waals surface area contributed by atoms with Crippen LogP contribution in [0.2, 0.25) is 0 Å². The van der Waals surface area contributed by atoms with Crippen LogP contribution in [0.5, 0.6) is 0 Å². The van der Waals surface area contributed by atoms with Gasteiger partial charge in [-0.2, -0.15) is 0 Å². The van der Waals surface area contributed by atoms with E-state index in [1.807, 2.05) is 12.1 Å². The molecule has 1 saturated carbocycles. The van der Waals surface area contributed by atoms with Gasteiger partial charge in [0.05, 0.1) is 0 Å². The van der Waals surface area contributed by atoms with Gasteiger partial charge in [0.15, 0.2) is 0 Å². The number of hydrogen-bond donors (Lipinski definition) is 1. The third kappa shape index (κ3) is 1.53. The Labute approximate surface area is 130 Å². The minimum absolute atomic E-state index is 0.0691. The number of anilines is 1. The number of Topliss-reactive ketones (excluding diaryl/α,β-unsaturated/α-hetero) is 1. The summed E-state index contributed by atoms with van der Waals surface area (Å²) in [6, 6.07) is 10.6. The molecule has 2 aromatic rings. The zero-order valence-corrected chi connectivity index (χ0v) is 12.5. The molecular weight excluding hydrogens is 270 g/mol. The van der Waals surface area contributed by atoms with Gasteiger partial charge < -0.3 is 5.73 Å². The van der Waals surface area contributed by atoms with Crippen molar-refractivity contribution in [2.24, 2.45) is 11.8 Å². The van der Waals surface area contributed by atoms with Crippen LogP contribution >= 0.6 is 0 Å². The molecule has 3 atom stereocenters.